The van der Waals surface area contributed by atoms with Gasteiger partial charge < -0.3 is 5.32 Å². The minimum absolute atomic E-state index is 0.761. The minimum Gasteiger partial charge on any atom is -0.378 e. The van der Waals surface area contributed by atoms with Crippen LogP contribution in [0.4, 0.5) is 5.69 Å². The lowest BCUT2D eigenvalue weighted by Crippen LogP contribution is -2.02. The third-order valence-electron chi connectivity index (χ3n) is 2.13. The predicted octanol–water partition coefficient (Wildman–Crippen LogP) is 2.77. The Balaban J connectivity index is 2.02. The number of pyridine rings is 1. The molecule has 0 aliphatic rings. The fourth-order valence-corrected chi connectivity index (χ4v) is 1.96. The first-order valence-electron chi connectivity index (χ1n) is 4.82. The number of hydrogen-bond donors (Lipinski definition) is 1. The molecule has 0 aromatic carbocycles. The SMILES string of the molecule is Cc1nc(CNc2cccnc2C)cs1. The summed E-state index contributed by atoms with van der Waals surface area (Å²) in [6.45, 7) is 4.77. The van der Waals surface area contributed by atoms with Gasteiger partial charge in [-0.25, -0.2) is 4.98 Å². The molecule has 2 rings (SSSR count). The molecule has 1 N–H and O–H groups in total. The highest BCUT2D eigenvalue weighted by molar-refractivity contribution is 7.09. The second-order valence-corrected chi connectivity index (χ2v) is 4.41. The highest BCUT2D eigenvalue weighted by Gasteiger charge is 2.00. The number of nitrogens with one attached hydrogen (secondary N) is 1. The van der Waals surface area contributed by atoms with E-state index >= 15 is 0 Å². The summed E-state index contributed by atoms with van der Waals surface area (Å²) in [5.74, 6) is 0. The zero-order valence-corrected chi connectivity index (χ0v) is 9.64. The average molecular weight is 219 g/mol. The average Bonchev–Trinajstić information content (AvgIpc) is 2.63. The quantitative estimate of drug-likeness (QED) is 0.862. The van der Waals surface area contributed by atoms with Gasteiger partial charge in [0.05, 0.1) is 28.6 Å². The maximum atomic E-state index is 4.39. The largest absolute Gasteiger partial charge is 0.378 e. The van der Waals surface area contributed by atoms with Crippen molar-refractivity contribution in [3.63, 3.8) is 0 Å². The van der Waals surface area contributed by atoms with Crippen LogP contribution in [0.5, 0.6) is 0 Å². The van der Waals surface area contributed by atoms with Gasteiger partial charge in [0.1, 0.15) is 0 Å². The number of rotatable bonds is 3. The predicted molar refractivity (Wildman–Crippen MR) is 63.2 cm³/mol. The van der Waals surface area contributed by atoms with Crippen LogP contribution in [-0.2, 0) is 6.54 Å². The van der Waals surface area contributed by atoms with Gasteiger partial charge >= 0.3 is 0 Å². The molecule has 2 heterocycles. The second kappa shape index (κ2) is 4.40. The van der Waals surface area contributed by atoms with Crippen molar-refractivity contribution in [2.45, 2.75) is 20.4 Å². The molecule has 0 amide bonds. The van der Waals surface area contributed by atoms with Crippen LogP contribution in [0.1, 0.15) is 16.4 Å². The molecule has 0 unspecified atom stereocenters. The molecule has 4 heteroatoms. The van der Waals surface area contributed by atoms with Crippen molar-refractivity contribution >= 4 is 17.0 Å². The van der Waals surface area contributed by atoms with E-state index in [-0.39, 0.29) is 0 Å². The highest BCUT2D eigenvalue weighted by Crippen LogP contribution is 2.13. The number of nitrogens with zero attached hydrogens (tertiary/aromatic N) is 2. The van der Waals surface area contributed by atoms with Gasteiger partial charge in [-0.05, 0) is 26.0 Å². The third-order valence-corrected chi connectivity index (χ3v) is 2.96. The van der Waals surface area contributed by atoms with Crippen LogP contribution in [-0.4, -0.2) is 9.97 Å². The molecule has 0 radical (unpaired) electrons. The van der Waals surface area contributed by atoms with Crippen molar-refractivity contribution in [3.05, 3.63) is 40.1 Å². The molecule has 78 valence electrons. The van der Waals surface area contributed by atoms with Crippen molar-refractivity contribution in [1.82, 2.24) is 9.97 Å². The Morgan fingerprint density at radius 2 is 2.27 bits per heavy atom. The van der Waals surface area contributed by atoms with Crippen molar-refractivity contribution in [2.24, 2.45) is 0 Å². The first-order valence-corrected chi connectivity index (χ1v) is 5.70. The molecule has 0 spiro atoms. The van der Waals surface area contributed by atoms with Crippen LogP contribution in [0.2, 0.25) is 0 Å². The van der Waals surface area contributed by atoms with E-state index in [1.807, 2.05) is 26.0 Å². The Hall–Kier alpha value is -1.42. The van der Waals surface area contributed by atoms with Gasteiger partial charge in [0.15, 0.2) is 0 Å². The van der Waals surface area contributed by atoms with Crippen molar-refractivity contribution in [1.29, 1.82) is 0 Å². The summed E-state index contributed by atoms with van der Waals surface area (Å²) >= 11 is 1.68. The van der Waals surface area contributed by atoms with Crippen molar-refractivity contribution < 1.29 is 0 Å². The third kappa shape index (κ3) is 2.53. The molecular formula is C11H13N3S. The molecular weight excluding hydrogens is 206 g/mol. The van der Waals surface area contributed by atoms with Crippen LogP contribution in [0.3, 0.4) is 0 Å². The molecule has 0 aliphatic heterocycles. The summed E-state index contributed by atoms with van der Waals surface area (Å²) in [5.41, 5.74) is 3.17. The fourth-order valence-electron chi connectivity index (χ4n) is 1.35. The molecule has 2 aromatic rings. The maximum absolute atomic E-state index is 4.39. The molecule has 0 bridgehead atoms. The number of aromatic nitrogens is 2. The normalized spacial score (nSPS) is 10.3. The molecule has 0 fully saturated rings. The van der Waals surface area contributed by atoms with Crippen molar-refractivity contribution in [3.8, 4) is 0 Å². The van der Waals surface area contributed by atoms with E-state index in [1.165, 1.54) is 0 Å². The molecule has 0 aliphatic carbocycles. The van der Waals surface area contributed by atoms with Gasteiger partial charge in [-0.2, -0.15) is 0 Å². The number of hydrogen-bond acceptors (Lipinski definition) is 4. The lowest BCUT2D eigenvalue weighted by molar-refractivity contribution is 1.04. The number of aryl methyl sites for hydroxylation is 2. The second-order valence-electron chi connectivity index (χ2n) is 3.35. The molecule has 0 saturated carbocycles. The highest BCUT2D eigenvalue weighted by atomic mass is 32.1. The minimum atomic E-state index is 0.761. The van der Waals surface area contributed by atoms with E-state index < -0.39 is 0 Å². The summed E-state index contributed by atoms with van der Waals surface area (Å²) in [4.78, 5) is 8.61. The Bertz CT molecular complexity index is 451. The number of anilines is 1. The summed E-state index contributed by atoms with van der Waals surface area (Å²) in [5, 5.41) is 6.51. The topological polar surface area (TPSA) is 37.8 Å². The van der Waals surface area contributed by atoms with E-state index in [2.05, 4.69) is 20.7 Å². The van der Waals surface area contributed by atoms with Gasteiger partial charge in [0.25, 0.3) is 0 Å². The fraction of sp³-hybridized carbons (Fsp3) is 0.273. The van der Waals surface area contributed by atoms with Gasteiger partial charge in [0, 0.05) is 11.6 Å². The van der Waals surface area contributed by atoms with Gasteiger partial charge in [-0.15, -0.1) is 11.3 Å². The van der Waals surface area contributed by atoms with Crippen LogP contribution in [0, 0.1) is 13.8 Å². The maximum Gasteiger partial charge on any atom is 0.0898 e. The summed E-state index contributed by atoms with van der Waals surface area (Å²) < 4.78 is 0. The lowest BCUT2D eigenvalue weighted by atomic mass is 10.3. The zero-order valence-electron chi connectivity index (χ0n) is 8.82. The molecule has 0 saturated heterocycles. The van der Waals surface area contributed by atoms with E-state index in [0.29, 0.717) is 0 Å². The Morgan fingerprint density at radius 1 is 1.40 bits per heavy atom. The van der Waals surface area contributed by atoms with Gasteiger partial charge in [0.2, 0.25) is 0 Å². The first kappa shape index (κ1) is 10.1. The Labute approximate surface area is 93.2 Å². The summed E-state index contributed by atoms with van der Waals surface area (Å²) in [6.07, 6.45) is 1.80. The van der Waals surface area contributed by atoms with E-state index in [4.69, 9.17) is 0 Å². The van der Waals surface area contributed by atoms with Crippen LogP contribution >= 0.6 is 11.3 Å². The van der Waals surface area contributed by atoms with Crippen LogP contribution < -0.4 is 5.32 Å². The van der Waals surface area contributed by atoms with Gasteiger partial charge in [-0.3, -0.25) is 4.98 Å². The molecule has 0 atom stereocenters. The molecule has 2 aromatic heterocycles. The Kier molecular flexibility index (Phi) is 2.97. The summed E-state index contributed by atoms with van der Waals surface area (Å²) in [6, 6.07) is 3.96. The van der Waals surface area contributed by atoms with Gasteiger partial charge in [-0.1, -0.05) is 0 Å². The molecule has 15 heavy (non-hydrogen) atoms. The lowest BCUT2D eigenvalue weighted by Gasteiger charge is -2.06. The first-order chi connectivity index (χ1) is 7.25. The van der Waals surface area contributed by atoms with Crippen LogP contribution in [0.15, 0.2) is 23.7 Å². The monoisotopic (exact) mass is 219 g/mol. The Morgan fingerprint density at radius 3 is 2.93 bits per heavy atom. The van der Waals surface area contributed by atoms with Crippen molar-refractivity contribution in [2.75, 3.05) is 5.32 Å². The summed E-state index contributed by atoms with van der Waals surface area (Å²) in [7, 11) is 0. The van der Waals surface area contributed by atoms with E-state index in [1.54, 1.807) is 17.5 Å². The smallest absolute Gasteiger partial charge is 0.0898 e. The standard InChI is InChI=1S/C11H13N3S/c1-8-11(4-3-5-12-8)13-6-10-7-15-9(2)14-10/h3-5,7,13H,6H2,1-2H3. The van der Waals surface area contributed by atoms with E-state index in [9.17, 15) is 0 Å². The van der Waals surface area contributed by atoms with Crippen LogP contribution in [0.25, 0.3) is 0 Å². The molecule has 3 nitrogen and oxygen atoms in total. The zero-order chi connectivity index (χ0) is 10.7. The number of thiazole rings is 1. The van der Waals surface area contributed by atoms with E-state index in [0.717, 1.165) is 28.6 Å².